The van der Waals surface area contributed by atoms with Crippen molar-refractivity contribution < 1.29 is 9.47 Å². The molecule has 0 aromatic heterocycles. The Bertz CT molecular complexity index is 493. The van der Waals surface area contributed by atoms with Gasteiger partial charge in [-0.15, -0.1) is 0 Å². The van der Waals surface area contributed by atoms with Crippen LogP contribution in [0.15, 0.2) is 18.2 Å². The van der Waals surface area contributed by atoms with Gasteiger partial charge in [-0.05, 0) is 12.1 Å². The van der Waals surface area contributed by atoms with Gasteiger partial charge < -0.3 is 9.47 Å². The van der Waals surface area contributed by atoms with Crippen LogP contribution in [0.5, 0.6) is 11.5 Å². The minimum absolute atomic E-state index is 0.384. The van der Waals surface area contributed by atoms with E-state index in [1.165, 1.54) is 20.3 Å². The molecule has 0 radical (unpaired) electrons. The maximum Gasteiger partial charge on any atom is 0.140 e. The molecule has 0 aliphatic carbocycles. The Morgan fingerprint density at radius 3 is 2.44 bits per heavy atom. The smallest absolute Gasteiger partial charge is 0.140 e. The average molecular weight is 214 g/mol. The van der Waals surface area contributed by atoms with E-state index in [-0.39, 0.29) is 0 Å². The van der Waals surface area contributed by atoms with Gasteiger partial charge in [-0.2, -0.15) is 10.5 Å². The SMILES string of the molecule is COc1cc(/C=C/C#N)c(C#N)c(OC)c1. The molecule has 0 aliphatic heterocycles. The zero-order valence-corrected chi connectivity index (χ0v) is 9.02. The quantitative estimate of drug-likeness (QED) is 0.723. The van der Waals surface area contributed by atoms with Gasteiger partial charge in [0.15, 0.2) is 0 Å². The first-order valence-electron chi connectivity index (χ1n) is 4.49. The van der Waals surface area contributed by atoms with Crippen molar-refractivity contribution in [2.75, 3.05) is 14.2 Å². The molecule has 0 bridgehead atoms. The zero-order chi connectivity index (χ0) is 12.0. The molecule has 0 saturated heterocycles. The molecule has 0 fully saturated rings. The molecule has 0 heterocycles. The van der Waals surface area contributed by atoms with Crippen LogP contribution in [0.4, 0.5) is 0 Å². The summed E-state index contributed by atoms with van der Waals surface area (Å²) in [7, 11) is 3.01. The molecule has 0 unspecified atom stereocenters. The number of nitrogens with zero attached hydrogens (tertiary/aromatic N) is 2. The minimum Gasteiger partial charge on any atom is -0.497 e. The molecule has 4 nitrogen and oxygen atoms in total. The third-order valence-corrected chi connectivity index (χ3v) is 2.01. The number of rotatable bonds is 3. The van der Waals surface area contributed by atoms with Gasteiger partial charge >= 0.3 is 0 Å². The summed E-state index contributed by atoms with van der Waals surface area (Å²) in [4.78, 5) is 0. The summed E-state index contributed by atoms with van der Waals surface area (Å²) < 4.78 is 10.2. The summed E-state index contributed by atoms with van der Waals surface area (Å²) in [6, 6.07) is 7.21. The summed E-state index contributed by atoms with van der Waals surface area (Å²) in [6.45, 7) is 0. The molecule has 1 aromatic rings. The summed E-state index contributed by atoms with van der Waals surface area (Å²) in [6.07, 6.45) is 2.85. The second kappa shape index (κ2) is 5.43. The van der Waals surface area contributed by atoms with E-state index in [2.05, 4.69) is 0 Å². The first-order valence-corrected chi connectivity index (χ1v) is 4.49. The second-order valence-electron chi connectivity index (χ2n) is 2.87. The van der Waals surface area contributed by atoms with Crippen molar-refractivity contribution in [3.8, 4) is 23.6 Å². The van der Waals surface area contributed by atoms with Crippen molar-refractivity contribution in [2.24, 2.45) is 0 Å². The molecule has 0 saturated carbocycles. The third kappa shape index (κ3) is 2.31. The highest BCUT2D eigenvalue weighted by molar-refractivity contribution is 5.66. The highest BCUT2D eigenvalue weighted by Gasteiger charge is 2.09. The molecular weight excluding hydrogens is 204 g/mol. The van der Waals surface area contributed by atoms with Crippen molar-refractivity contribution >= 4 is 6.08 Å². The molecule has 0 atom stereocenters. The first kappa shape index (κ1) is 11.6. The molecule has 1 rings (SSSR count). The highest BCUT2D eigenvalue weighted by Crippen LogP contribution is 2.28. The van der Waals surface area contributed by atoms with Crippen LogP contribution in [0.2, 0.25) is 0 Å². The lowest BCUT2D eigenvalue weighted by molar-refractivity contribution is 0.393. The van der Waals surface area contributed by atoms with E-state index in [0.29, 0.717) is 22.6 Å². The molecule has 1 aromatic carbocycles. The first-order chi connectivity index (χ1) is 7.76. The standard InChI is InChI=1S/C12H10N2O2/c1-15-10-6-9(4-3-5-13)11(8-14)12(7-10)16-2/h3-4,6-7H,1-2H3/b4-3+. The van der Waals surface area contributed by atoms with E-state index in [1.807, 2.05) is 12.1 Å². The van der Waals surface area contributed by atoms with Gasteiger partial charge in [0.25, 0.3) is 0 Å². The Kier molecular flexibility index (Phi) is 3.94. The Hall–Kier alpha value is -2.46. The third-order valence-electron chi connectivity index (χ3n) is 2.01. The average Bonchev–Trinajstić information content (AvgIpc) is 2.34. The Labute approximate surface area is 93.9 Å². The number of hydrogen-bond donors (Lipinski definition) is 0. The molecule has 80 valence electrons. The molecule has 0 N–H and O–H groups in total. The fraction of sp³-hybridized carbons (Fsp3) is 0.167. The van der Waals surface area contributed by atoms with E-state index >= 15 is 0 Å². The lowest BCUT2D eigenvalue weighted by Gasteiger charge is -2.08. The normalized spacial score (nSPS) is 9.50. The highest BCUT2D eigenvalue weighted by atomic mass is 16.5. The minimum atomic E-state index is 0.384. The van der Waals surface area contributed by atoms with Gasteiger partial charge in [0.05, 0.1) is 20.3 Å². The topological polar surface area (TPSA) is 66.0 Å². The van der Waals surface area contributed by atoms with Gasteiger partial charge in [0, 0.05) is 17.7 Å². The van der Waals surface area contributed by atoms with E-state index in [0.717, 1.165) is 0 Å². The monoisotopic (exact) mass is 214 g/mol. The van der Waals surface area contributed by atoms with E-state index in [4.69, 9.17) is 20.0 Å². The molecule has 0 spiro atoms. The number of nitriles is 2. The van der Waals surface area contributed by atoms with Crippen molar-refractivity contribution in [1.29, 1.82) is 10.5 Å². The van der Waals surface area contributed by atoms with Gasteiger partial charge in [0.2, 0.25) is 0 Å². The predicted octanol–water partition coefficient (Wildman–Crippen LogP) is 2.11. The van der Waals surface area contributed by atoms with Crippen LogP contribution < -0.4 is 9.47 Å². The lowest BCUT2D eigenvalue weighted by atomic mass is 10.1. The van der Waals surface area contributed by atoms with Gasteiger partial charge in [0.1, 0.15) is 23.1 Å². The van der Waals surface area contributed by atoms with Gasteiger partial charge in [-0.25, -0.2) is 0 Å². The largest absolute Gasteiger partial charge is 0.497 e. The molecule has 4 heteroatoms. The number of hydrogen-bond acceptors (Lipinski definition) is 4. The number of allylic oxidation sites excluding steroid dienone is 1. The lowest BCUT2D eigenvalue weighted by Crippen LogP contribution is -1.93. The van der Waals surface area contributed by atoms with Crippen molar-refractivity contribution in [2.45, 2.75) is 0 Å². The number of ether oxygens (including phenoxy) is 2. The Morgan fingerprint density at radius 2 is 1.94 bits per heavy atom. The van der Waals surface area contributed by atoms with Gasteiger partial charge in [-0.3, -0.25) is 0 Å². The maximum absolute atomic E-state index is 9.01. The molecule has 0 amide bonds. The van der Waals surface area contributed by atoms with E-state index < -0.39 is 0 Å². The summed E-state index contributed by atoms with van der Waals surface area (Å²) in [5.74, 6) is 1.01. The van der Waals surface area contributed by atoms with Crippen LogP contribution in [0.25, 0.3) is 6.08 Å². The van der Waals surface area contributed by atoms with Crippen molar-refractivity contribution in [3.63, 3.8) is 0 Å². The van der Waals surface area contributed by atoms with Crippen LogP contribution >= 0.6 is 0 Å². The molecule has 0 aliphatic rings. The van der Waals surface area contributed by atoms with Crippen molar-refractivity contribution in [3.05, 3.63) is 29.3 Å². The van der Waals surface area contributed by atoms with Crippen LogP contribution in [-0.4, -0.2) is 14.2 Å². The number of benzene rings is 1. The van der Waals surface area contributed by atoms with E-state index in [1.54, 1.807) is 18.2 Å². The van der Waals surface area contributed by atoms with Crippen LogP contribution in [0, 0.1) is 22.7 Å². The van der Waals surface area contributed by atoms with Crippen LogP contribution in [0.3, 0.4) is 0 Å². The number of methoxy groups -OCH3 is 2. The summed E-state index contributed by atoms with van der Waals surface area (Å²) in [5, 5.41) is 17.5. The van der Waals surface area contributed by atoms with E-state index in [9.17, 15) is 0 Å². The molecular formula is C12H10N2O2. The van der Waals surface area contributed by atoms with Crippen molar-refractivity contribution in [1.82, 2.24) is 0 Å². The maximum atomic E-state index is 9.01. The Balaban J connectivity index is 3.39. The zero-order valence-electron chi connectivity index (χ0n) is 9.02. The summed E-state index contributed by atoms with van der Waals surface area (Å²) >= 11 is 0. The Morgan fingerprint density at radius 1 is 1.19 bits per heavy atom. The summed E-state index contributed by atoms with van der Waals surface area (Å²) in [5.41, 5.74) is 0.982. The predicted molar refractivity (Wildman–Crippen MR) is 58.9 cm³/mol. The fourth-order valence-corrected chi connectivity index (χ4v) is 1.27. The second-order valence-corrected chi connectivity index (χ2v) is 2.87. The molecule has 16 heavy (non-hydrogen) atoms. The van der Waals surface area contributed by atoms with Crippen LogP contribution in [0.1, 0.15) is 11.1 Å². The van der Waals surface area contributed by atoms with Crippen LogP contribution in [-0.2, 0) is 0 Å². The van der Waals surface area contributed by atoms with Gasteiger partial charge in [-0.1, -0.05) is 0 Å². The fourth-order valence-electron chi connectivity index (χ4n) is 1.27.